The first-order chi connectivity index (χ1) is 10.6. The second-order valence-corrected chi connectivity index (χ2v) is 7.32. The van der Waals surface area contributed by atoms with Gasteiger partial charge in [-0.05, 0) is 43.4 Å². The Balaban J connectivity index is 1.78. The summed E-state index contributed by atoms with van der Waals surface area (Å²) in [4.78, 5) is 15.1. The molecule has 1 N–H and O–H groups in total. The smallest absolute Gasteiger partial charge is 0.229 e. The molecule has 0 bridgehead atoms. The molecular formula is C18H24ClNO2. The molecule has 0 spiro atoms. The molecule has 1 saturated carbocycles. The molecule has 2 fully saturated rings. The number of likely N-dealkylation sites (tertiary alicyclic amines) is 1. The molecule has 1 atom stereocenters. The number of carbonyl (C=O) groups excluding carboxylic acids is 1. The largest absolute Gasteiger partial charge is 0.396 e. The Morgan fingerprint density at radius 2 is 2.14 bits per heavy atom. The maximum atomic E-state index is 13.1. The van der Waals surface area contributed by atoms with Crippen molar-refractivity contribution in [2.24, 2.45) is 11.3 Å². The number of carbonyl (C=O) groups is 1. The zero-order valence-electron chi connectivity index (χ0n) is 12.9. The van der Waals surface area contributed by atoms with Gasteiger partial charge in [0.15, 0.2) is 0 Å². The summed E-state index contributed by atoms with van der Waals surface area (Å²) in [5.74, 6) is 0.550. The summed E-state index contributed by atoms with van der Waals surface area (Å²) in [6.07, 6.45) is 5.91. The minimum absolute atomic E-state index is 0.186. The van der Waals surface area contributed by atoms with Gasteiger partial charge in [0.1, 0.15) is 0 Å². The fraction of sp³-hybridized carbons (Fsp3) is 0.611. The minimum atomic E-state index is -0.255. The normalized spacial score (nSPS) is 23.9. The Bertz CT molecular complexity index is 540. The lowest BCUT2D eigenvalue weighted by Gasteiger charge is -2.32. The van der Waals surface area contributed by atoms with E-state index in [4.69, 9.17) is 11.6 Å². The first-order valence-electron chi connectivity index (χ1n) is 8.28. The van der Waals surface area contributed by atoms with Gasteiger partial charge in [0.05, 0.1) is 5.41 Å². The van der Waals surface area contributed by atoms with E-state index in [2.05, 4.69) is 6.07 Å². The number of hydrogen-bond donors (Lipinski definition) is 1. The summed E-state index contributed by atoms with van der Waals surface area (Å²) in [6, 6.07) is 7.89. The molecule has 1 heterocycles. The number of aliphatic hydroxyl groups is 1. The van der Waals surface area contributed by atoms with Crippen LogP contribution in [0.5, 0.6) is 0 Å². The van der Waals surface area contributed by atoms with E-state index in [1.165, 1.54) is 0 Å². The van der Waals surface area contributed by atoms with Gasteiger partial charge in [0.2, 0.25) is 5.91 Å². The Labute approximate surface area is 137 Å². The predicted octanol–water partition coefficient (Wildman–Crippen LogP) is 3.28. The van der Waals surface area contributed by atoms with Crippen LogP contribution in [0.25, 0.3) is 0 Å². The third-order valence-electron chi connectivity index (χ3n) is 5.28. The lowest BCUT2D eigenvalue weighted by atomic mass is 9.78. The highest BCUT2D eigenvalue weighted by atomic mass is 35.5. The van der Waals surface area contributed by atoms with Crippen LogP contribution in [0, 0.1) is 11.3 Å². The van der Waals surface area contributed by atoms with Crippen molar-refractivity contribution < 1.29 is 9.90 Å². The molecule has 1 saturated heterocycles. The fourth-order valence-electron chi connectivity index (χ4n) is 4.06. The summed E-state index contributed by atoms with van der Waals surface area (Å²) in [6.45, 7) is 1.69. The van der Waals surface area contributed by atoms with Gasteiger partial charge in [-0.15, -0.1) is 0 Å². The van der Waals surface area contributed by atoms with Crippen molar-refractivity contribution in [3.05, 3.63) is 34.9 Å². The van der Waals surface area contributed by atoms with Crippen molar-refractivity contribution in [2.75, 3.05) is 19.7 Å². The molecule has 120 valence electrons. The molecule has 3 rings (SSSR count). The molecule has 1 amide bonds. The Morgan fingerprint density at radius 3 is 2.77 bits per heavy atom. The van der Waals surface area contributed by atoms with Gasteiger partial charge in [-0.3, -0.25) is 4.79 Å². The summed E-state index contributed by atoms with van der Waals surface area (Å²) in [7, 11) is 0. The minimum Gasteiger partial charge on any atom is -0.396 e. The van der Waals surface area contributed by atoms with Gasteiger partial charge in [0, 0.05) is 30.6 Å². The molecule has 3 nitrogen and oxygen atoms in total. The maximum Gasteiger partial charge on any atom is 0.229 e. The zero-order valence-corrected chi connectivity index (χ0v) is 13.7. The number of aliphatic hydroxyl groups excluding tert-OH is 1. The fourth-order valence-corrected chi connectivity index (χ4v) is 4.27. The van der Waals surface area contributed by atoms with Crippen LogP contribution in [0.15, 0.2) is 24.3 Å². The number of hydrogen-bond acceptors (Lipinski definition) is 2. The van der Waals surface area contributed by atoms with Crippen molar-refractivity contribution in [1.82, 2.24) is 4.90 Å². The molecule has 22 heavy (non-hydrogen) atoms. The van der Waals surface area contributed by atoms with Crippen molar-refractivity contribution in [3.8, 4) is 0 Å². The average Bonchev–Trinajstić information content (AvgIpc) is 3.16. The maximum absolute atomic E-state index is 13.1. The number of benzene rings is 1. The second kappa shape index (κ2) is 6.59. The van der Waals surface area contributed by atoms with Gasteiger partial charge in [0.25, 0.3) is 0 Å². The first-order valence-corrected chi connectivity index (χ1v) is 8.65. The molecule has 4 heteroatoms. The van der Waals surface area contributed by atoms with E-state index in [9.17, 15) is 9.90 Å². The van der Waals surface area contributed by atoms with E-state index in [0.29, 0.717) is 12.5 Å². The van der Waals surface area contributed by atoms with Crippen LogP contribution in [0.2, 0.25) is 5.02 Å². The van der Waals surface area contributed by atoms with Gasteiger partial charge in [-0.1, -0.05) is 36.6 Å². The molecule has 1 aliphatic heterocycles. The third kappa shape index (κ3) is 3.16. The average molecular weight is 322 g/mol. The van der Waals surface area contributed by atoms with Crippen LogP contribution < -0.4 is 0 Å². The SMILES string of the molecule is O=C(N1CCC(CO)C1)C1(Cc2cccc(Cl)c2)CCCC1. The van der Waals surface area contributed by atoms with E-state index in [-0.39, 0.29) is 17.9 Å². The van der Waals surface area contributed by atoms with E-state index in [0.717, 1.165) is 55.7 Å². The van der Waals surface area contributed by atoms with Crippen LogP contribution in [-0.4, -0.2) is 35.6 Å². The summed E-state index contributed by atoms with van der Waals surface area (Å²) in [5, 5.41) is 10.0. The molecule has 0 aromatic heterocycles. The van der Waals surface area contributed by atoms with Crippen molar-refractivity contribution in [1.29, 1.82) is 0 Å². The van der Waals surface area contributed by atoms with Crippen molar-refractivity contribution in [3.63, 3.8) is 0 Å². The zero-order chi connectivity index (χ0) is 15.6. The van der Waals surface area contributed by atoms with E-state index < -0.39 is 0 Å². The lowest BCUT2D eigenvalue weighted by molar-refractivity contribution is -0.141. The Morgan fingerprint density at radius 1 is 1.36 bits per heavy atom. The van der Waals surface area contributed by atoms with Crippen LogP contribution in [-0.2, 0) is 11.2 Å². The van der Waals surface area contributed by atoms with Gasteiger partial charge in [-0.2, -0.15) is 0 Å². The van der Waals surface area contributed by atoms with E-state index in [1.807, 2.05) is 23.1 Å². The molecule has 1 unspecified atom stereocenters. The standard InChI is InChI=1S/C18H24ClNO2/c19-16-5-3-4-14(10-16)11-18(7-1-2-8-18)17(22)20-9-6-15(12-20)13-21/h3-5,10,15,21H,1-2,6-9,11-13H2. The highest BCUT2D eigenvalue weighted by Gasteiger charge is 2.44. The van der Waals surface area contributed by atoms with Gasteiger partial charge < -0.3 is 10.0 Å². The monoisotopic (exact) mass is 321 g/mol. The predicted molar refractivity (Wildman–Crippen MR) is 87.8 cm³/mol. The number of halogens is 1. The second-order valence-electron chi connectivity index (χ2n) is 6.88. The first kappa shape index (κ1) is 15.8. The quantitative estimate of drug-likeness (QED) is 0.924. The number of amides is 1. The highest BCUT2D eigenvalue weighted by Crippen LogP contribution is 2.43. The Kier molecular flexibility index (Phi) is 4.74. The van der Waals surface area contributed by atoms with E-state index >= 15 is 0 Å². The topological polar surface area (TPSA) is 40.5 Å². The number of nitrogens with zero attached hydrogens (tertiary/aromatic N) is 1. The molecule has 1 aliphatic carbocycles. The lowest BCUT2D eigenvalue weighted by Crippen LogP contribution is -2.43. The van der Waals surface area contributed by atoms with Gasteiger partial charge >= 0.3 is 0 Å². The summed E-state index contributed by atoms with van der Waals surface area (Å²) in [5.41, 5.74) is 0.898. The summed E-state index contributed by atoms with van der Waals surface area (Å²) < 4.78 is 0. The Hall–Kier alpha value is -1.06. The van der Waals surface area contributed by atoms with Crippen LogP contribution in [0.1, 0.15) is 37.7 Å². The van der Waals surface area contributed by atoms with E-state index in [1.54, 1.807) is 0 Å². The molecule has 1 aromatic carbocycles. The molecule has 1 aromatic rings. The van der Waals surface area contributed by atoms with Crippen molar-refractivity contribution in [2.45, 2.75) is 38.5 Å². The van der Waals surface area contributed by atoms with Crippen LogP contribution >= 0.6 is 11.6 Å². The van der Waals surface area contributed by atoms with Crippen molar-refractivity contribution >= 4 is 17.5 Å². The molecular weight excluding hydrogens is 298 g/mol. The highest BCUT2D eigenvalue weighted by molar-refractivity contribution is 6.30. The third-order valence-corrected chi connectivity index (χ3v) is 5.51. The number of rotatable bonds is 4. The summed E-state index contributed by atoms with van der Waals surface area (Å²) >= 11 is 6.10. The van der Waals surface area contributed by atoms with Gasteiger partial charge in [-0.25, -0.2) is 0 Å². The van der Waals surface area contributed by atoms with Crippen LogP contribution in [0.4, 0.5) is 0 Å². The molecule has 0 radical (unpaired) electrons. The van der Waals surface area contributed by atoms with Crippen LogP contribution in [0.3, 0.4) is 0 Å². The molecule has 2 aliphatic rings.